The molecular weight excluding hydrogens is 508 g/mol. The first-order valence-corrected chi connectivity index (χ1v) is 14.9. The number of hydrogen-bond donors (Lipinski definition) is 2. The Hall–Kier alpha value is -3.75. The van der Waals surface area contributed by atoms with E-state index in [-0.39, 0.29) is 16.3 Å². The molecule has 1 fully saturated rings. The number of amides is 2. The molecule has 1 aliphatic carbocycles. The Morgan fingerprint density at radius 3 is 2.54 bits per heavy atom. The molecule has 1 aliphatic heterocycles. The van der Waals surface area contributed by atoms with Crippen LogP contribution in [0.1, 0.15) is 42.4 Å². The first-order chi connectivity index (χ1) is 18.8. The van der Waals surface area contributed by atoms with Gasteiger partial charge in [-0.25, -0.2) is 17.9 Å². The molecule has 0 unspecified atom stereocenters. The van der Waals surface area contributed by atoms with E-state index >= 15 is 0 Å². The third-order valence-electron chi connectivity index (χ3n) is 8.35. The maximum Gasteiger partial charge on any atom is 0.322 e. The summed E-state index contributed by atoms with van der Waals surface area (Å²) in [5.41, 5.74) is 7.59. The molecule has 0 radical (unpaired) electrons. The minimum atomic E-state index is -3.49. The molecule has 2 heterocycles. The zero-order chi connectivity index (χ0) is 27.2. The average Bonchev–Trinajstić information content (AvgIpc) is 3.57. The van der Waals surface area contributed by atoms with Gasteiger partial charge in [0.25, 0.3) is 0 Å². The van der Waals surface area contributed by atoms with Crippen molar-refractivity contribution in [2.75, 3.05) is 18.5 Å². The number of nitrogens with zero attached hydrogens (tertiary/aromatic N) is 2. The van der Waals surface area contributed by atoms with Crippen LogP contribution in [0.4, 0.5) is 10.5 Å². The van der Waals surface area contributed by atoms with Crippen molar-refractivity contribution in [1.82, 2.24) is 15.0 Å². The molecule has 2 aliphatic rings. The maximum atomic E-state index is 13.5. The van der Waals surface area contributed by atoms with Crippen LogP contribution in [-0.2, 0) is 22.0 Å². The van der Waals surface area contributed by atoms with Crippen LogP contribution in [0.25, 0.3) is 22.0 Å². The fourth-order valence-corrected chi connectivity index (χ4v) is 7.04. The minimum Gasteiger partial charge on any atom is -0.334 e. The Balaban J connectivity index is 1.30. The first kappa shape index (κ1) is 25.5. The molecule has 0 saturated heterocycles. The number of aryl methyl sites for hydroxylation is 1. The molecule has 8 heteroatoms. The largest absolute Gasteiger partial charge is 0.334 e. The maximum absolute atomic E-state index is 13.5. The number of anilines is 1. The van der Waals surface area contributed by atoms with Crippen molar-refractivity contribution in [2.24, 2.45) is 0 Å². The van der Waals surface area contributed by atoms with Gasteiger partial charge in [0.15, 0.2) is 0 Å². The number of sulfonamides is 1. The molecule has 39 heavy (non-hydrogen) atoms. The molecule has 1 spiro atoms. The number of carbonyl (C=O) groups is 1. The number of fused-ring (bicyclic) bond motifs is 3. The van der Waals surface area contributed by atoms with E-state index in [9.17, 15) is 13.2 Å². The van der Waals surface area contributed by atoms with Crippen LogP contribution in [0.2, 0.25) is 0 Å². The zero-order valence-corrected chi connectivity index (χ0v) is 23.0. The predicted molar refractivity (Wildman–Crippen MR) is 154 cm³/mol. The van der Waals surface area contributed by atoms with E-state index in [1.807, 2.05) is 17.2 Å². The molecule has 3 aromatic carbocycles. The zero-order valence-electron chi connectivity index (χ0n) is 22.2. The fourth-order valence-electron chi connectivity index (χ4n) is 6.31. The second kappa shape index (κ2) is 9.77. The van der Waals surface area contributed by atoms with E-state index in [0.29, 0.717) is 13.1 Å². The number of nitrogens with one attached hydrogen (secondary N) is 2. The standard InChI is InChI=1S/C31H32N4O3S/c1-21-7-13-27-25(6-5-17-33-27)29(21)23-10-14-28-26(18-23)31(15-3-4-16-31)20-35(28)30(36)34-19-22-8-11-24(12-9-22)39(37,38)32-2/h5-14,17-18,32H,3-4,15-16,19-20H2,1-2H3,(H,34,36). The van der Waals surface area contributed by atoms with Gasteiger partial charge in [0, 0.05) is 35.8 Å². The molecule has 6 rings (SSSR count). The van der Waals surface area contributed by atoms with Gasteiger partial charge in [0.1, 0.15) is 0 Å². The molecular formula is C31H32N4O3S. The van der Waals surface area contributed by atoms with Crippen molar-refractivity contribution in [3.05, 3.63) is 89.6 Å². The number of hydrogen-bond acceptors (Lipinski definition) is 4. The quantitative estimate of drug-likeness (QED) is 0.342. The van der Waals surface area contributed by atoms with Gasteiger partial charge in [-0.3, -0.25) is 9.88 Å². The molecule has 7 nitrogen and oxygen atoms in total. The highest BCUT2D eigenvalue weighted by Crippen LogP contribution is 2.51. The highest BCUT2D eigenvalue weighted by atomic mass is 32.2. The Bertz CT molecular complexity index is 1680. The summed E-state index contributed by atoms with van der Waals surface area (Å²) >= 11 is 0. The molecule has 0 bridgehead atoms. The lowest BCUT2D eigenvalue weighted by Gasteiger charge is -2.25. The van der Waals surface area contributed by atoms with Gasteiger partial charge in [-0.1, -0.05) is 43.2 Å². The van der Waals surface area contributed by atoms with Gasteiger partial charge < -0.3 is 5.32 Å². The van der Waals surface area contributed by atoms with Gasteiger partial charge in [-0.15, -0.1) is 0 Å². The second-order valence-corrected chi connectivity index (χ2v) is 12.5. The number of aromatic nitrogens is 1. The Labute approximate surface area is 229 Å². The Morgan fingerprint density at radius 1 is 1.03 bits per heavy atom. The highest BCUT2D eigenvalue weighted by Gasteiger charge is 2.46. The number of rotatable bonds is 5. The summed E-state index contributed by atoms with van der Waals surface area (Å²) in [5, 5.41) is 4.19. The summed E-state index contributed by atoms with van der Waals surface area (Å²) in [7, 11) is -2.11. The number of benzene rings is 3. The summed E-state index contributed by atoms with van der Waals surface area (Å²) in [6.07, 6.45) is 6.30. The predicted octanol–water partition coefficient (Wildman–Crippen LogP) is 5.66. The lowest BCUT2D eigenvalue weighted by molar-refractivity contribution is 0.245. The first-order valence-electron chi connectivity index (χ1n) is 13.4. The highest BCUT2D eigenvalue weighted by molar-refractivity contribution is 7.89. The summed E-state index contributed by atoms with van der Waals surface area (Å²) < 4.78 is 26.3. The van der Waals surface area contributed by atoms with Crippen LogP contribution in [-0.4, -0.2) is 33.0 Å². The smallest absolute Gasteiger partial charge is 0.322 e. The molecule has 2 N–H and O–H groups in total. The van der Waals surface area contributed by atoms with Crippen molar-refractivity contribution >= 4 is 32.6 Å². The minimum absolute atomic E-state index is 0.0252. The lowest BCUT2D eigenvalue weighted by Crippen LogP contribution is -2.41. The third-order valence-corrected chi connectivity index (χ3v) is 9.78. The second-order valence-electron chi connectivity index (χ2n) is 10.6. The summed E-state index contributed by atoms with van der Waals surface area (Å²) in [6.45, 7) is 3.13. The lowest BCUT2D eigenvalue weighted by atomic mass is 9.79. The van der Waals surface area contributed by atoms with Crippen LogP contribution in [0.3, 0.4) is 0 Å². The molecule has 2 amide bonds. The third kappa shape index (κ3) is 4.47. The van der Waals surface area contributed by atoms with Crippen LogP contribution >= 0.6 is 0 Å². The van der Waals surface area contributed by atoms with Crippen molar-refractivity contribution in [3.8, 4) is 11.1 Å². The molecule has 1 saturated carbocycles. The van der Waals surface area contributed by atoms with Gasteiger partial charge >= 0.3 is 6.03 Å². The molecule has 200 valence electrons. The van der Waals surface area contributed by atoms with E-state index in [1.165, 1.54) is 23.7 Å². The van der Waals surface area contributed by atoms with E-state index in [0.717, 1.165) is 53.4 Å². The number of pyridine rings is 1. The topological polar surface area (TPSA) is 91.4 Å². The van der Waals surface area contributed by atoms with Crippen LogP contribution in [0.5, 0.6) is 0 Å². The monoisotopic (exact) mass is 540 g/mol. The van der Waals surface area contributed by atoms with Gasteiger partial charge in [-0.05, 0) is 91.0 Å². The fraction of sp³-hybridized carbons (Fsp3) is 0.290. The summed E-state index contributed by atoms with van der Waals surface area (Å²) in [5.74, 6) is 0. The van der Waals surface area contributed by atoms with Crippen molar-refractivity contribution in [3.63, 3.8) is 0 Å². The van der Waals surface area contributed by atoms with Crippen molar-refractivity contribution in [1.29, 1.82) is 0 Å². The van der Waals surface area contributed by atoms with Crippen molar-refractivity contribution in [2.45, 2.75) is 49.5 Å². The molecule has 4 aromatic rings. The number of urea groups is 1. The number of carbonyl (C=O) groups excluding carboxylic acids is 1. The van der Waals surface area contributed by atoms with E-state index in [4.69, 9.17) is 0 Å². The summed E-state index contributed by atoms with van der Waals surface area (Å²) in [6, 6.07) is 21.3. The molecule has 1 aromatic heterocycles. The van der Waals surface area contributed by atoms with Crippen LogP contribution in [0.15, 0.2) is 77.8 Å². The van der Waals surface area contributed by atoms with E-state index < -0.39 is 10.0 Å². The van der Waals surface area contributed by atoms with Crippen molar-refractivity contribution < 1.29 is 13.2 Å². The van der Waals surface area contributed by atoms with Crippen LogP contribution in [0, 0.1) is 6.92 Å². The average molecular weight is 541 g/mol. The van der Waals surface area contributed by atoms with Gasteiger partial charge in [0.05, 0.1) is 10.4 Å². The normalized spacial score (nSPS) is 16.1. The van der Waals surface area contributed by atoms with Gasteiger partial charge in [0.2, 0.25) is 10.0 Å². The molecule has 0 atom stereocenters. The Kier molecular flexibility index (Phi) is 6.40. The van der Waals surface area contributed by atoms with E-state index in [1.54, 1.807) is 24.3 Å². The Morgan fingerprint density at radius 2 is 1.79 bits per heavy atom. The van der Waals surface area contributed by atoms with E-state index in [2.05, 4.69) is 58.3 Å². The van der Waals surface area contributed by atoms with Gasteiger partial charge in [-0.2, -0.15) is 0 Å². The summed E-state index contributed by atoms with van der Waals surface area (Å²) in [4.78, 5) is 20.1. The van der Waals surface area contributed by atoms with Crippen LogP contribution < -0.4 is 14.9 Å². The SMILES string of the molecule is CNS(=O)(=O)c1ccc(CNC(=O)N2CC3(CCCC3)c3cc(-c4c(C)ccc5ncccc45)ccc32)cc1.